The number of carbonyl (C=O) groups is 1. The van der Waals surface area contributed by atoms with Crippen LogP contribution in [-0.2, 0) is 4.74 Å². The molecule has 1 fully saturated rings. The summed E-state index contributed by atoms with van der Waals surface area (Å²) in [7, 11) is 1.48. The fraction of sp³-hybridized carbons (Fsp3) is 0.208. The Labute approximate surface area is 210 Å². The molecule has 0 bridgehead atoms. The molecule has 0 saturated carbocycles. The number of pyridine rings is 1. The minimum Gasteiger partial charge on any atom is -0.494 e. The molecule has 1 aliphatic rings. The SMILES string of the molecule is COc1cc(N2CCOCC2)c([N+](=O)[O-])cc1Nc1nccc(-n2cc(C=O)c(-c3cccnc3)n2)n1. The number of methoxy groups -OCH3 is 1. The van der Waals surface area contributed by atoms with Gasteiger partial charge in [0.25, 0.3) is 5.69 Å². The molecule has 3 aromatic heterocycles. The summed E-state index contributed by atoms with van der Waals surface area (Å²) < 4.78 is 12.3. The van der Waals surface area contributed by atoms with Crippen molar-refractivity contribution in [1.82, 2.24) is 24.7 Å². The van der Waals surface area contributed by atoms with Crippen molar-refractivity contribution in [3.8, 4) is 22.8 Å². The normalized spacial score (nSPS) is 13.3. The van der Waals surface area contributed by atoms with Crippen LogP contribution in [0.2, 0.25) is 0 Å². The van der Waals surface area contributed by atoms with Gasteiger partial charge in [-0.25, -0.2) is 9.67 Å². The molecular formula is C24H22N8O5. The van der Waals surface area contributed by atoms with Crippen LogP contribution in [0.4, 0.5) is 23.0 Å². The van der Waals surface area contributed by atoms with E-state index in [1.165, 1.54) is 24.1 Å². The highest BCUT2D eigenvalue weighted by atomic mass is 16.6. The maximum absolute atomic E-state index is 11.9. The Hall–Kier alpha value is -4.91. The molecule has 0 spiro atoms. The number of rotatable bonds is 8. The minimum absolute atomic E-state index is 0.0785. The summed E-state index contributed by atoms with van der Waals surface area (Å²) in [6.45, 7) is 2.05. The third kappa shape index (κ3) is 4.92. The second-order valence-electron chi connectivity index (χ2n) is 8.00. The van der Waals surface area contributed by atoms with E-state index in [1.807, 2.05) is 4.90 Å². The molecule has 13 nitrogen and oxygen atoms in total. The van der Waals surface area contributed by atoms with Crippen molar-refractivity contribution in [2.24, 2.45) is 0 Å². The van der Waals surface area contributed by atoms with Gasteiger partial charge in [-0.3, -0.25) is 19.9 Å². The highest BCUT2D eigenvalue weighted by molar-refractivity contribution is 5.85. The van der Waals surface area contributed by atoms with Crippen LogP contribution >= 0.6 is 0 Å². The fourth-order valence-corrected chi connectivity index (χ4v) is 4.00. The van der Waals surface area contributed by atoms with Gasteiger partial charge in [0.15, 0.2) is 12.1 Å². The molecular weight excluding hydrogens is 480 g/mol. The lowest BCUT2D eigenvalue weighted by molar-refractivity contribution is -0.384. The Balaban J connectivity index is 1.48. The van der Waals surface area contributed by atoms with E-state index < -0.39 is 4.92 Å². The predicted octanol–water partition coefficient (Wildman–Crippen LogP) is 3.03. The number of nitro benzene ring substituents is 1. The number of nitrogens with zero attached hydrogens (tertiary/aromatic N) is 7. The maximum Gasteiger partial charge on any atom is 0.294 e. The van der Waals surface area contributed by atoms with Crippen molar-refractivity contribution < 1.29 is 19.2 Å². The molecule has 5 rings (SSSR count). The average Bonchev–Trinajstić information content (AvgIpc) is 3.39. The van der Waals surface area contributed by atoms with Gasteiger partial charge < -0.3 is 19.7 Å². The Kier molecular flexibility index (Phi) is 6.68. The molecule has 1 saturated heterocycles. The standard InChI is InChI=1S/C24H22N8O5/c1-36-21-12-19(30-7-9-37-10-8-30)20(32(34)35)11-18(21)27-24-26-6-4-22(28-24)31-14-17(15-33)23(29-31)16-3-2-5-25-13-16/h2-6,11-15H,7-10H2,1H3,(H,26,27,28). The Morgan fingerprint density at radius 2 is 2.05 bits per heavy atom. The number of aromatic nitrogens is 5. The predicted molar refractivity (Wildman–Crippen MR) is 134 cm³/mol. The molecule has 0 aliphatic carbocycles. The molecule has 37 heavy (non-hydrogen) atoms. The van der Waals surface area contributed by atoms with Gasteiger partial charge in [-0.15, -0.1) is 0 Å². The number of nitro groups is 1. The van der Waals surface area contributed by atoms with Gasteiger partial charge in [-0.2, -0.15) is 10.1 Å². The fourth-order valence-electron chi connectivity index (χ4n) is 4.00. The van der Waals surface area contributed by atoms with Crippen LogP contribution in [0.15, 0.2) is 55.1 Å². The number of hydrogen-bond acceptors (Lipinski definition) is 11. The van der Waals surface area contributed by atoms with Crippen LogP contribution in [0.5, 0.6) is 5.75 Å². The third-order valence-electron chi connectivity index (χ3n) is 5.77. The van der Waals surface area contributed by atoms with Crippen molar-refractivity contribution >= 4 is 29.3 Å². The number of aldehydes is 1. The second-order valence-corrected chi connectivity index (χ2v) is 8.00. The lowest BCUT2D eigenvalue weighted by atomic mass is 10.1. The van der Waals surface area contributed by atoms with Crippen LogP contribution < -0.4 is 15.0 Å². The number of nitrogens with one attached hydrogen (secondary N) is 1. The summed E-state index contributed by atoms with van der Waals surface area (Å²) in [5.41, 5.74) is 2.22. The molecule has 188 valence electrons. The highest BCUT2D eigenvalue weighted by Gasteiger charge is 2.25. The number of morpholine rings is 1. The van der Waals surface area contributed by atoms with Crippen molar-refractivity contribution in [3.63, 3.8) is 0 Å². The Bertz CT molecular complexity index is 1440. The first kappa shape index (κ1) is 23.8. The average molecular weight is 502 g/mol. The first-order valence-electron chi connectivity index (χ1n) is 11.3. The van der Waals surface area contributed by atoms with Crippen LogP contribution in [0.1, 0.15) is 10.4 Å². The van der Waals surface area contributed by atoms with Crippen molar-refractivity contribution in [2.45, 2.75) is 0 Å². The third-order valence-corrected chi connectivity index (χ3v) is 5.77. The smallest absolute Gasteiger partial charge is 0.294 e. The van der Waals surface area contributed by atoms with Crippen molar-refractivity contribution in [2.75, 3.05) is 43.6 Å². The first-order chi connectivity index (χ1) is 18.1. The summed E-state index contributed by atoms with van der Waals surface area (Å²) >= 11 is 0. The number of carbonyl (C=O) groups excluding carboxylic acids is 1. The zero-order valence-corrected chi connectivity index (χ0v) is 19.8. The number of hydrogen-bond donors (Lipinski definition) is 1. The molecule has 4 heterocycles. The van der Waals surface area contributed by atoms with Crippen LogP contribution in [-0.4, -0.2) is 69.4 Å². The zero-order valence-electron chi connectivity index (χ0n) is 19.8. The maximum atomic E-state index is 11.9. The van der Waals surface area contributed by atoms with Crippen molar-refractivity contribution in [3.05, 3.63) is 70.8 Å². The lowest BCUT2D eigenvalue weighted by Gasteiger charge is -2.29. The minimum atomic E-state index is -0.433. The first-order valence-corrected chi connectivity index (χ1v) is 11.3. The van der Waals surface area contributed by atoms with E-state index in [9.17, 15) is 14.9 Å². The van der Waals surface area contributed by atoms with E-state index in [0.717, 1.165) is 0 Å². The van der Waals surface area contributed by atoms with Gasteiger partial charge in [-0.1, -0.05) is 0 Å². The van der Waals surface area contributed by atoms with Crippen LogP contribution in [0.25, 0.3) is 17.1 Å². The van der Waals surface area contributed by atoms with Crippen LogP contribution in [0, 0.1) is 10.1 Å². The second kappa shape index (κ2) is 10.4. The van der Waals surface area contributed by atoms with Gasteiger partial charge in [0.2, 0.25) is 5.95 Å². The molecule has 1 aromatic carbocycles. The van der Waals surface area contributed by atoms with Crippen molar-refractivity contribution in [1.29, 1.82) is 0 Å². The van der Waals surface area contributed by atoms with Gasteiger partial charge in [0.1, 0.15) is 17.1 Å². The van der Waals surface area contributed by atoms with Gasteiger partial charge in [-0.05, 0) is 12.1 Å². The lowest BCUT2D eigenvalue weighted by Crippen LogP contribution is -2.36. The molecule has 1 aliphatic heterocycles. The van der Waals surface area contributed by atoms with E-state index in [0.29, 0.717) is 72.4 Å². The summed E-state index contributed by atoms with van der Waals surface area (Å²) in [6, 6.07) is 8.21. The van der Waals surface area contributed by atoms with Gasteiger partial charge in [0, 0.05) is 61.6 Å². The summed E-state index contributed by atoms with van der Waals surface area (Å²) in [5.74, 6) is 0.937. The van der Waals surface area contributed by atoms with Gasteiger partial charge in [0.05, 0.1) is 36.5 Å². The quantitative estimate of drug-likeness (QED) is 0.215. The number of ether oxygens (including phenoxy) is 2. The zero-order chi connectivity index (χ0) is 25.8. The highest BCUT2D eigenvalue weighted by Crippen LogP contribution is 2.39. The molecule has 0 amide bonds. The summed E-state index contributed by atoms with van der Waals surface area (Å²) in [6.07, 6.45) is 7.04. The van der Waals surface area contributed by atoms with E-state index in [-0.39, 0.29) is 11.6 Å². The monoisotopic (exact) mass is 502 g/mol. The topological polar surface area (TPSA) is 150 Å². The van der Waals surface area contributed by atoms with Gasteiger partial charge >= 0.3 is 0 Å². The van der Waals surface area contributed by atoms with E-state index in [4.69, 9.17) is 9.47 Å². The molecule has 0 unspecified atom stereocenters. The summed E-state index contributed by atoms with van der Waals surface area (Å²) in [4.78, 5) is 37.8. The Morgan fingerprint density at radius 3 is 2.76 bits per heavy atom. The summed E-state index contributed by atoms with van der Waals surface area (Å²) in [5, 5.41) is 19.4. The van der Waals surface area contributed by atoms with Crippen LogP contribution in [0.3, 0.4) is 0 Å². The number of benzene rings is 1. The van der Waals surface area contributed by atoms with E-state index in [2.05, 4.69) is 25.4 Å². The molecule has 0 radical (unpaired) electrons. The Morgan fingerprint density at radius 1 is 1.22 bits per heavy atom. The number of anilines is 3. The molecule has 1 N–H and O–H groups in total. The molecule has 13 heteroatoms. The largest absolute Gasteiger partial charge is 0.494 e. The van der Waals surface area contributed by atoms with E-state index in [1.54, 1.807) is 42.9 Å². The van der Waals surface area contributed by atoms with E-state index >= 15 is 0 Å². The molecule has 4 aromatic rings. The molecule has 0 atom stereocenters.